The van der Waals surface area contributed by atoms with Crippen molar-refractivity contribution in [2.24, 2.45) is 5.92 Å². The van der Waals surface area contributed by atoms with E-state index in [1.54, 1.807) is 49.2 Å². The van der Waals surface area contributed by atoms with Gasteiger partial charge in [-0.2, -0.15) is 0 Å². The predicted octanol–water partition coefficient (Wildman–Crippen LogP) is 1.94. The zero-order chi connectivity index (χ0) is 24.2. The topological polar surface area (TPSA) is 117 Å². The number of aliphatic hydroxyl groups is 1. The molecule has 1 amide bonds. The van der Waals surface area contributed by atoms with E-state index in [1.807, 2.05) is 6.92 Å². The number of fused-ring (bicyclic) bond motifs is 1. The van der Waals surface area contributed by atoms with Crippen LogP contribution in [0.25, 0.3) is 0 Å². The summed E-state index contributed by atoms with van der Waals surface area (Å²) in [5.74, 6) is 0.304. The van der Waals surface area contributed by atoms with Crippen LogP contribution in [0.4, 0.5) is 5.69 Å². The summed E-state index contributed by atoms with van der Waals surface area (Å²) in [5.41, 5.74) is 0.404. The van der Waals surface area contributed by atoms with Gasteiger partial charge in [0, 0.05) is 19.0 Å². The first kappa shape index (κ1) is 24.8. The molecule has 33 heavy (non-hydrogen) atoms. The number of amides is 1. The number of para-hydroxylation sites is 1. The Morgan fingerprint density at radius 2 is 1.94 bits per heavy atom. The minimum atomic E-state index is -3.95. The fourth-order valence-electron chi connectivity index (χ4n) is 3.73. The molecule has 10 heteroatoms. The smallest absolute Gasteiger partial charge is 0.262 e. The van der Waals surface area contributed by atoms with E-state index in [2.05, 4.69) is 10.0 Å². The Balaban J connectivity index is 2.06. The lowest BCUT2D eigenvalue weighted by Crippen LogP contribution is -2.49. The number of benzene rings is 2. The van der Waals surface area contributed by atoms with Crippen LogP contribution in [0.5, 0.6) is 11.5 Å². The number of carbonyl (C=O) groups is 1. The highest BCUT2D eigenvalue weighted by atomic mass is 32.2. The largest absolute Gasteiger partial charge is 0.497 e. The van der Waals surface area contributed by atoms with E-state index in [4.69, 9.17) is 9.47 Å². The van der Waals surface area contributed by atoms with Gasteiger partial charge in [0.15, 0.2) is 5.75 Å². The van der Waals surface area contributed by atoms with Crippen molar-refractivity contribution in [1.29, 1.82) is 0 Å². The summed E-state index contributed by atoms with van der Waals surface area (Å²) in [6.07, 6.45) is -0.332. The molecular weight excluding hydrogens is 446 g/mol. The molecule has 3 N–H and O–H groups in total. The summed E-state index contributed by atoms with van der Waals surface area (Å²) < 4.78 is 40.0. The summed E-state index contributed by atoms with van der Waals surface area (Å²) in [7, 11) is -0.654. The summed E-state index contributed by atoms with van der Waals surface area (Å²) in [6.45, 7) is 4.44. The Bertz CT molecular complexity index is 1070. The Morgan fingerprint density at radius 3 is 2.55 bits per heavy atom. The minimum Gasteiger partial charge on any atom is -0.497 e. The van der Waals surface area contributed by atoms with Gasteiger partial charge in [-0.1, -0.05) is 13.0 Å². The van der Waals surface area contributed by atoms with Crippen LogP contribution in [0, 0.1) is 5.92 Å². The van der Waals surface area contributed by atoms with Crippen LogP contribution in [0.2, 0.25) is 0 Å². The van der Waals surface area contributed by atoms with Crippen LogP contribution in [0.1, 0.15) is 24.2 Å². The Labute approximate surface area is 194 Å². The lowest BCUT2D eigenvalue weighted by atomic mass is 9.99. The van der Waals surface area contributed by atoms with Crippen LogP contribution < -0.4 is 19.5 Å². The normalized spacial score (nSPS) is 19.7. The van der Waals surface area contributed by atoms with E-state index in [1.165, 1.54) is 19.2 Å². The lowest BCUT2D eigenvalue weighted by molar-refractivity contribution is 0.0417. The zero-order valence-electron chi connectivity index (χ0n) is 19.2. The molecule has 9 nitrogen and oxygen atoms in total. The van der Waals surface area contributed by atoms with Gasteiger partial charge < -0.3 is 24.8 Å². The quantitative estimate of drug-likeness (QED) is 0.532. The van der Waals surface area contributed by atoms with Crippen molar-refractivity contribution < 1.29 is 27.8 Å². The maximum Gasteiger partial charge on any atom is 0.262 e. The molecule has 0 saturated heterocycles. The monoisotopic (exact) mass is 477 g/mol. The molecule has 0 unspecified atom stereocenters. The van der Waals surface area contributed by atoms with Crippen molar-refractivity contribution in [3.8, 4) is 11.5 Å². The van der Waals surface area contributed by atoms with E-state index < -0.39 is 16.1 Å². The second-order valence-corrected chi connectivity index (χ2v) is 9.83. The molecule has 0 bridgehead atoms. The second-order valence-electron chi connectivity index (χ2n) is 8.14. The van der Waals surface area contributed by atoms with Gasteiger partial charge in [-0.25, -0.2) is 8.42 Å². The van der Waals surface area contributed by atoms with E-state index in [0.717, 1.165) is 0 Å². The third kappa shape index (κ3) is 5.40. The average Bonchev–Trinajstić information content (AvgIpc) is 2.81. The summed E-state index contributed by atoms with van der Waals surface area (Å²) >= 11 is 0. The van der Waals surface area contributed by atoms with E-state index >= 15 is 0 Å². The molecule has 0 aromatic heterocycles. The minimum absolute atomic E-state index is 0.0498. The number of rotatable bonds is 8. The van der Waals surface area contributed by atoms with Gasteiger partial charge in [0.1, 0.15) is 11.9 Å². The van der Waals surface area contributed by atoms with Crippen LogP contribution in [-0.4, -0.2) is 70.3 Å². The molecule has 2 aromatic carbocycles. The molecule has 3 rings (SSSR count). The molecule has 2 aromatic rings. The highest BCUT2D eigenvalue weighted by Crippen LogP contribution is 2.36. The molecule has 0 spiro atoms. The van der Waals surface area contributed by atoms with Crippen molar-refractivity contribution in [2.75, 3.05) is 38.6 Å². The van der Waals surface area contributed by atoms with Crippen molar-refractivity contribution in [3.05, 3.63) is 48.0 Å². The number of anilines is 1. The fourth-order valence-corrected chi connectivity index (χ4v) is 4.79. The summed E-state index contributed by atoms with van der Waals surface area (Å²) in [5, 5.41) is 12.8. The molecule has 3 atom stereocenters. The molecule has 1 heterocycles. The average molecular weight is 478 g/mol. The molecule has 0 fully saturated rings. The summed E-state index contributed by atoms with van der Waals surface area (Å²) in [6, 6.07) is 10.4. The Morgan fingerprint density at radius 1 is 1.24 bits per heavy atom. The van der Waals surface area contributed by atoms with Gasteiger partial charge >= 0.3 is 0 Å². The number of methoxy groups -OCH3 is 1. The number of sulfonamides is 1. The van der Waals surface area contributed by atoms with E-state index in [0.29, 0.717) is 18.8 Å². The van der Waals surface area contributed by atoms with Crippen molar-refractivity contribution in [2.45, 2.75) is 30.9 Å². The van der Waals surface area contributed by atoms with Gasteiger partial charge in [0.25, 0.3) is 15.9 Å². The van der Waals surface area contributed by atoms with Crippen LogP contribution in [0.15, 0.2) is 47.4 Å². The first-order valence-electron chi connectivity index (χ1n) is 10.7. The summed E-state index contributed by atoms with van der Waals surface area (Å²) in [4.78, 5) is 15.0. The molecule has 1 aliphatic rings. The number of hydrogen-bond donors (Lipinski definition) is 3. The number of ether oxygens (including phenoxy) is 2. The molecule has 0 aliphatic carbocycles. The van der Waals surface area contributed by atoms with Gasteiger partial charge in [-0.3, -0.25) is 9.52 Å². The van der Waals surface area contributed by atoms with Gasteiger partial charge in [0.2, 0.25) is 0 Å². The van der Waals surface area contributed by atoms with Gasteiger partial charge in [-0.05, 0) is 50.4 Å². The highest BCUT2D eigenvalue weighted by molar-refractivity contribution is 7.92. The number of aliphatic hydroxyl groups excluding tert-OH is 1. The lowest BCUT2D eigenvalue weighted by Gasteiger charge is -2.37. The number of nitrogens with zero attached hydrogens (tertiary/aromatic N) is 1. The first-order chi connectivity index (χ1) is 15.7. The standard InChI is InChI=1S/C23H31N3O6S/c1-15-13-26(16(2)14-27)23(28)19-6-5-7-20(22(19)32-21(15)12-24-3)25-33(29,30)18-10-8-17(31-4)9-11-18/h5-11,15-16,21,24-25,27H,12-14H2,1-4H3/t15-,16-,21-/m0/s1. The Kier molecular flexibility index (Phi) is 7.83. The molecular formula is C23H31N3O6S. The third-order valence-corrected chi connectivity index (χ3v) is 7.09. The van der Waals surface area contributed by atoms with Crippen molar-refractivity contribution in [1.82, 2.24) is 10.2 Å². The number of hydrogen-bond acceptors (Lipinski definition) is 7. The van der Waals surface area contributed by atoms with E-state index in [-0.39, 0.29) is 46.4 Å². The Hall–Kier alpha value is -2.82. The van der Waals surface area contributed by atoms with Crippen LogP contribution in [0.3, 0.4) is 0 Å². The number of nitrogens with one attached hydrogen (secondary N) is 2. The number of carbonyl (C=O) groups excluding carboxylic acids is 1. The maximum atomic E-state index is 13.4. The van der Waals surface area contributed by atoms with Crippen molar-refractivity contribution in [3.63, 3.8) is 0 Å². The van der Waals surface area contributed by atoms with Crippen molar-refractivity contribution >= 4 is 21.6 Å². The second kappa shape index (κ2) is 10.4. The highest BCUT2D eigenvalue weighted by Gasteiger charge is 2.34. The third-order valence-electron chi connectivity index (χ3n) is 5.71. The fraction of sp³-hybridized carbons (Fsp3) is 0.435. The van der Waals surface area contributed by atoms with E-state index in [9.17, 15) is 18.3 Å². The van der Waals surface area contributed by atoms with Crippen LogP contribution >= 0.6 is 0 Å². The molecule has 180 valence electrons. The molecule has 0 radical (unpaired) electrons. The molecule has 1 aliphatic heterocycles. The van der Waals surface area contributed by atoms with Crippen LogP contribution in [-0.2, 0) is 10.0 Å². The zero-order valence-corrected chi connectivity index (χ0v) is 20.1. The predicted molar refractivity (Wildman–Crippen MR) is 125 cm³/mol. The van der Waals surface area contributed by atoms with Gasteiger partial charge in [0.05, 0.1) is 35.9 Å². The SMILES string of the molecule is CNC[C@@H]1Oc2c(NS(=O)(=O)c3ccc(OC)cc3)cccc2C(=O)N([C@@H](C)CO)C[C@@H]1C. The number of likely N-dealkylation sites (N-methyl/N-ethyl adjacent to an activating group) is 1. The maximum absolute atomic E-state index is 13.4. The first-order valence-corrected chi connectivity index (χ1v) is 12.2. The molecule has 0 saturated carbocycles. The van der Waals surface area contributed by atoms with Gasteiger partial charge in [-0.15, -0.1) is 0 Å².